The van der Waals surface area contributed by atoms with Crippen molar-refractivity contribution in [2.75, 3.05) is 17.2 Å². The highest BCUT2D eigenvalue weighted by Gasteiger charge is 2.42. The molecule has 1 aliphatic rings. The number of anilines is 1. The first-order valence-corrected chi connectivity index (χ1v) is 8.49. The molecule has 1 fully saturated rings. The minimum absolute atomic E-state index is 0.0454. The van der Waals surface area contributed by atoms with Gasteiger partial charge in [0.1, 0.15) is 0 Å². The van der Waals surface area contributed by atoms with Gasteiger partial charge >= 0.3 is 0 Å². The predicted molar refractivity (Wildman–Crippen MR) is 79.3 cm³/mol. The van der Waals surface area contributed by atoms with Crippen LogP contribution in [-0.2, 0) is 15.4 Å². The van der Waals surface area contributed by atoms with Gasteiger partial charge in [-0.25, -0.2) is 13.1 Å². The Morgan fingerprint density at radius 1 is 1.38 bits per heavy atom. The van der Waals surface area contributed by atoms with E-state index in [0.717, 1.165) is 11.1 Å². The molecule has 0 spiro atoms. The summed E-state index contributed by atoms with van der Waals surface area (Å²) in [6.45, 7) is 3.82. The van der Waals surface area contributed by atoms with E-state index in [-0.39, 0.29) is 11.5 Å². The standard InChI is InChI=1S/C13H17N5O2S/c1-9-3-4-11(14)10(7-9)12-15-16-17-18(12)13(2)5-6-21(19,20)8-13/h3-4,7H,5-6,8,14H2,1-2H3. The molecule has 0 amide bonds. The Balaban J connectivity index is 2.12. The van der Waals surface area contributed by atoms with Gasteiger partial charge in [0.15, 0.2) is 15.7 Å². The molecule has 0 aliphatic carbocycles. The number of hydrogen-bond acceptors (Lipinski definition) is 6. The molecule has 1 aromatic carbocycles. The van der Waals surface area contributed by atoms with Gasteiger partial charge in [0.25, 0.3) is 0 Å². The molecule has 1 aromatic heterocycles. The molecule has 2 aromatic rings. The van der Waals surface area contributed by atoms with Crippen molar-refractivity contribution in [3.8, 4) is 11.4 Å². The summed E-state index contributed by atoms with van der Waals surface area (Å²) in [6, 6.07) is 5.62. The fourth-order valence-corrected chi connectivity index (χ4v) is 4.85. The first-order valence-electron chi connectivity index (χ1n) is 6.67. The van der Waals surface area contributed by atoms with Crippen LogP contribution in [0.5, 0.6) is 0 Å². The van der Waals surface area contributed by atoms with Gasteiger partial charge in [-0.1, -0.05) is 11.6 Å². The van der Waals surface area contributed by atoms with Crippen LogP contribution in [0.25, 0.3) is 11.4 Å². The zero-order valence-electron chi connectivity index (χ0n) is 11.9. The monoisotopic (exact) mass is 307 g/mol. The van der Waals surface area contributed by atoms with Crippen LogP contribution in [0.4, 0.5) is 5.69 Å². The summed E-state index contributed by atoms with van der Waals surface area (Å²) in [5, 5.41) is 11.8. The van der Waals surface area contributed by atoms with Gasteiger partial charge in [0, 0.05) is 11.3 Å². The van der Waals surface area contributed by atoms with Crippen molar-refractivity contribution in [1.29, 1.82) is 0 Å². The number of aryl methyl sites for hydroxylation is 1. The SMILES string of the molecule is Cc1ccc(N)c(-c2nnnn2C2(C)CCS(=O)(=O)C2)c1. The molecular weight excluding hydrogens is 290 g/mol. The lowest BCUT2D eigenvalue weighted by Gasteiger charge is -2.23. The second kappa shape index (κ2) is 4.52. The summed E-state index contributed by atoms with van der Waals surface area (Å²) in [5.74, 6) is 0.714. The van der Waals surface area contributed by atoms with Gasteiger partial charge in [0.2, 0.25) is 0 Å². The van der Waals surface area contributed by atoms with E-state index in [1.165, 1.54) is 0 Å². The fraction of sp³-hybridized carbons (Fsp3) is 0.462. The van der Waals surface area contributed by atoms with Crippen LogP contribution in [0, 0.1) is 6.92 Å². The molecule has 2 heterocycles. The normalized spacial score (nSPS) is 24.3. The number of aromatic nitrogens is 4. The lowest BCUT2D eigenvalue weighted by molar-refractivity contribution is 0.325. The summed E-state index contributed by atoms with van der Waals surface area (Å²) in [4.78, 5) is 0. The molecule has 1 aliphatic heterocycles. The molecule has 1 unspecified atom stereocenters. The average Bonchev–Trinajstić information content (AvgIpc) is 2.98. The Hall–Kier alpha value is -1.96. The minimum atomic E-state index is -3.04. The van der Waals surface area contributed by atoms with Crippen molar-refractivity contribution < 1.29 is 8.42 Å². The van der Waals surface area contributed by atoms with Gasteiger partial charge in [-0.3, -0.25) is 0 Å². The molecule has 0 saturated carbocycles. The Labute approximate surface area is 123 Å². The quantitative estimate of drug-likeness (QED) is 0.822. The Morgan fingerprint density at radius 3 is 2.81 bits per heavy atom. The van der Waals surface area contributed by atoms with Crippen molar-refractivity contribution in [3.63, 3.8) is 0 Å². The zero-order chi connectivity index (χ0) is 15.3. The molecule has 3 rings (SSSR count). The largest absolute Gasteiger partial charge is 0.398 e. The molecule has 0 bridgehead atoms. The number of nitrogen functional groups attached to an aromatic ring is 1. The van der Waals surface area contributed by atoms with Crippen LogP contribution in [0.3, 0.4) is 0 Å². The van der Waals surface area contributed by atoms with Crippen LogP contribution in [-0.4, -0.2) is 40.1 Å². The molecule has 0 radical (unpaired) electrons. The fourth-order valence-electron chi connectivity index (χ4n) is 2.74. The number of hydrogen-bond donors (Lipinski definition) is 1. The number of benzene rings is 1. The van der Waals surface area contributed by atoms with Crippen LogP contribution in [0.2, 0.25) is 0 Å². The van der Waals surface area contributed by atoms with E-state index in [1.54, 1.807) is 10.7 Å². The third-order valence-electron chi connectivity index (χ3n) is 3.91. The van der Waals surface area contributed by atoms with Crippen molar-refractivity contribution in [2.24, 2.45) is 0 Å². The minimum Gasteiger partial charge on any atom is -0.398 e. The summed E-state index contributed by atoms with van der Waals surface area (Å²) < 4.78 is 25.2. The van der Waals surface area contributed by atoms with Crippen LogP contribution in [0.15, 0.2) is 18.2 Å². The maximum absolute atomic E-state index is 11.8. The lowest BCUT2D eigenvalue weighted by Crippen LogP contribution is -2.33. The molecule has 1 saturated heterocycles. The highest BCUT2D eigenvalue weighted by molar-refractivity contribution is 7.91. The first kappa shape index (κ1) is 14.0. The molecule has 2 N–H and O–H groups in total. The van der Waals surface area contributed by atoms with E-state index in [0.29, 0.717) is 17.9 Å². The number of rotatable bonds is 2. The number of nitrogens with two attached hydrogens (primary N) is 1. The molecule has 21 heavy (non-hydrogen) atoms. The van der Waals surface area contributed by atoms with Crippen molar-refractivity contribution in [2.45, 2.75) is 25.8 Å². The van der Waals surface area contributed by atoms with Gasteiger partial charge in [-0.05, 0) is 42.8 Å². The molecular formula is C13H17N5O2S. The van der Waals surface area contributed by atoms with E-state index in [9.17, 15) is 8.42 Å². The second-order valence-electron chi connectivity index (χ2n) is 5.84. The average molecular weight is 307 g/mol. The van der Waals surface area contributed by atoms with Crippen LogP contribution < -0.4 is 5.73 Å². The van der Waals surface area contributed by atoms with Gasteiger partial charge in [-0.2, -0.15) is 0 Å². The van der Waals surface area contributed by atoms with E-state index in [2.05, 4.69) is 15.5 Å². The Morgan fingerprint density at radius 2 is 2.14 bits per heavy atom. The lowest BCUT2D eigenvalue weighted by atomic mass is 10.0. The zero-order valence-corrected chi connectivity index (χ0v) is 12.8. The van der Waals surface area contributed by atoms with Gasteiger partial charge < -0.3 is 5.73 Å². The van der Waals surface area contributed by atoms with E-state index >= 15 is 0 Å². The summed E-state index contributed by atoms with van der Waals surface area (Å²) in [7, 11) is -3.04. The van der Waals surface area contributed by atoms with Gasteiger partial charge in [0.05, 0.1) is 17.0 Å². The van der Waals surface area contributed by atoms with Crippen molar-refractivity contribution >= 4 is 15.5 Å². The number of nitrogens with zero attached hydrogens (tertiary/aromatic N) is 4. The van der Waals surface area contributed by atoms with Crippen molar-refractivity contribution in [3.05, 3.63) is 23.8 Å². The summed E-state index contributed by atoms with van der Waals surface area (Å²) >= 11 is 0. The topological polar surface area (TPSA) is 104 Å². The highest BCUT2D eigenvalue weighted by atomic mass is 32.2. The molecule has 8 heteroatoms. The molecule has 7 nitrogen and oxygen atoms in total. The summed E-state index contributed by atoms with van der Waals surface area (Å²) in [6.07, 6.45) is 0.499. The highest BCUT2D eigenvalue weighted by Crippen LogP contribution is 2.34. The molecule has 1 atom stereocenters. The third-order valence-corrected chi connectivity index (χ3v) is 5.80. The predicted octanol–water partition coefficient (Wildman–Crippen LogP) is 0.764. The maximum Gasteiger partial charge on any atom is 0.184 e. The van der Waals surface area contributed by atoms with E-state index < -0.39 is 15.4 Å². The van der Waals surface area contributed by atoms with E-state index in [4.69, 9.17) is 5.73 Å². The third kappa shape index (κ3) is 2.39. The van der Waals surface area contributed by atoms with Crippen LogP contribution in [0.1, 0.15) is 18.9 Å². The van der Waals surface area contributed by atoms with E-state index in [1.807, 2.05) is 26.0 Å². The first-order chi connectivity index (χ1) is 9.81. The Kier molecular flexibility index (Phi) is 3.01. The van der Waals surface area contributed by atoms with Crippen molar-refractivity contribution in [1.82, 2.24) is 20.2 Å². The summed E-state index contributed by atoms with van der Waals surface area (Å²) in [5.41, 5.74) is 7.72. The second-order valence-corrected chi connectivity index (χ2v) is 8.03. The van der Waals surface area contributed by atoms with Crippen LogP contribution >= 0.6 is 0 Å². The molecule has 112 valence electrons. The maximum atomic E-state index is 11.8. The van der Waals surface area contributed by atoms with Gasteiger partial charge in [-0.15, -0.1) is 5.10 Å². The Bertz CT molecular complexity index is 799. The number of tetrazole rings is 1. The number of sulfone groups is 1. The smallest absolute Gasteiger partial charge is 0.184 e.